The van der Waals surface area contributed by atoms with E-state index in [2.05, 4.69) is 71.1 Å². The minimum Gasteiger partial charge on any atom is -0.367 e. The van der Waals surface area contributed by atoms with Crippen LogP contribution in [0.4, 0.5) is 11.4 Å². The topological polar surface area (TPSA) is 119 Å². The lowest BCUT2D eigenvalue weighted by molar-refractivity contribution is -0.128. The van der Waals surface area contributed by atoms with Gasteiger partial charge in [0.15, 0.2) is 0 Å². The minimum atomic E-state index is -0.267. The third kappa shape index (κ3) is 5.61. The fourth-order valence-electron chi connectivity index (χ4n) is 6.01. The zero-order valence-corrected chi connectivity index (χ0v) is 23.8. The Balaban J connectivity index is 1.54. The number of fused-ring (bicyclic) bond motifs is 2. The molecule has 5 rings (SSSR count). The number of nitrogens with one attached hydrogen (secondary N) is 1. The van der Waals surface area contributed by atoms with Gasteiger partial charge in [-0.15, -0.1) is 0 Å². The van der Waals surface area contributed by atoms with E-state index in [0.29, 0.717) is 38.4 Å². The molecule has 3 aromatic rings. The molecule has 1 aromatic heterocycles. The molecule has 0 radical (unpaired) electrons. The average molecular weight is 552 g/mol. The van der Waals surface area contributed by atoms with Gasteiger partial charge in [0.1, 0.15) is 5.69 Å². The first-order valence-electron chi connectivity index (χ1n) is 14.2. The predicted molar refractivity (Wildman–Crippen MR) is 162 cm³/mol. The van der Waals surface area contributed by atoms with Gasteiger partial charge in [-0.05, 0) is 49.4 Å². The molecule has 1 saturated heterocycles. The summed E-state index contributed by atoms with van der Waals surface area (Å²) < 4.78 is 0. The molecule has 0 spiro atoms. The lowest BCUT2D eigenvalue weighted by atomic mass is 9.97. The number of nitrogens with two attached hydrogens (primary N) is 1. The average Bonchev–Trinajstić information content (AvgIpc) is 2.99. The SMILES string of the molecule is C=CC(=O)N1CCN(c2cc(C(=O)N[C@H](C)CN)nc3c2CCN(c2cccc4cccc(C)c24)C3)C[C@@H]1CC#N. The molecule has 1 fully saturated rings. The molecule has 0 aliphatic carbocycles. The van der Waals surface area contributed by atoms with Crippen molar-refractivity contribution in [3.63, 3.8) is 0 Å². The van der Waals surface area contributed by atoms with E-state index >= 15 is 0 Å². The zero-order valence-electron chi connectivity index (χ0n) is 23.8. The summed E-state index contributed by atoms with van der Waals surface area (Å²) in [5.74, 6) is -0.433. The first-order valence-corrected chi connectivity index (χ1v) is 14.2. The molecule has 2 aromatic carbocycles. The van der Waals surface area contributed by atoms with Gasteiger partial charge in [-0.25, -0.2) is 4.98 Å². The van der Waals surface area contributed by atoms with Gasteiger partial charge in [0.2, 0.25) is 5.91 Å². The van der Waals surface area contributed by atoms with E-state index in [-0.39, 0.29) is 30.3 Å². The number of carbonyl (C=O) groups is 2. The summed E-state index contributed by atoms with van der Waals surface area (Å²) in [5, 5.41) is 14.9. The van der Waals surface area contributed by atoms with Crippen LogP contribution in [0.1, 0.15) is 40.7 Å². The molecule has 212 valence electrons. The van der Waals surface area contributed by atoms with Gasteiger partial charge in [0.05, 0.1) is 30.8 Å². The van der Waals surface area contributed by atoms with Crippen LogP contribution in [0.15, 0.2) is 55.1 Å². The van der Waals surface area contributed by atoms with E-state index in [1.54, 1.807) is 4.90 Å². The van der Waals surface area contributed by atoms with Crippen molar-refractivity contribution in [2.24, 2.45) is 5.73 Å². The first kappa shape index (κ1) is 28.1. The molecule has 9 nitrogen and oxygen atoms in total. The van der Waals surface area contributed by atoms with Crippen molar-refractivity contribution >= 4 is 34.0 Å². The zero-order chi connectivity index (χ0) is 29.1. The fraction of sp³-hybridized carbons (Fsp3) is 0.375. The molecular formula is C32H37N7O2. The standard InChI is InChI=1S/C32H37N7O2/c1-4-30(40)39-16-15-38(19-24(39)11-13-33)29-17-26(32(41)35-22(3)18-34)36-27-20-37(14-12-25(27)29)28-10-6-9-23-8-5-7-21(2)31(23)28/h4-10,17,22,24H,1,11-12,14-16,18-20,34H2,2-3H3,(H,35,41)/t22-,24+/m1/s1. The van der Waals surface area contributed by atoms with E-state index in [9.17, 15) is 14.9 Å². The minimum absolute atomic E-state index is 0.168. The van der Waals surface area contributed by atoms with Gasteiger partial charge < -0.3 is 25.8 Å². The van der Waals surface area contributed by atoms with Crippen molar-refractivity contribution in [2.45, 2.75) is 45.3 Å². The van der Waals surface area contributed by atoms with Crippen LogP contribution in [0.3, 0.4) is 0 Å². The Morgan fingerprint density at radius 1 is 1.20 bits per heavy atom. The number of carbonyl (C=O) groups excluding carboxylic acids is 2. The quantitative estimate of drug-likeness (QED) is 0.433. The summed E-state index contributed by atoms with van der Waals surface area (Å²) in [7, 11) is 0. The summed E-state index contributed by atoms with van der Waals surface area (Å²) >= 11 is 0. The van der Waals surface area contributed by atoms with Crippen LogP contribution >= 0.6 is 0 Å². The third-order valence-electron chi connectivity index (χ3n) is 8.16. The number of piperazine rings is 1. The van der Waals surface area contributed by atoms with Crippen molar-refractivity contribution in [3.8, 4) is 6.07 Å². The van der Waals surface area contributed by atoms with E-state index in [1.807, 2.05) is 13.0 Å². The first-order chi connectivity index (χ1) is 19.8. The molecular weight excluding hydrogens is 514 g/mol. The summed E-state index contributed by atoms with van der Waals surface area (Å²) in [6.45, 7) is 10.9. The number of anilines is 2. The number of pyridine rings is 1. The number of aryl methyl sites for hydroxylation is 1. The van der Waals surface area contributed by atoms with Crippen LogP contribution < -0.4 is 20.9 Å². The molecule has 9 heteroatoms. The van der Waals surface area contributed by atoms with E-state index in [0.717, 1.165) is 35.6 Å². The highest BCUT2D eigenvalue weighted by Gasteiger charge is 2.33. The Bertz CT molecular complexity index is 1520. The monoisotopic (exact) mass is 551 g/mol. The number of aromatic nitrogens is 1. The van der Waals surface area contributed by atoms with Gasteiger partial charge in [-0.1, -0.05) is 36.9 Å². The highest BCUT2D eigenvalue weighted by atomic mass is 16.2. The van der Waals surface area contributed by atoms with Gasteiger partial charge in [0.25, 0.3) is 5.91 Å². The number of hydrogen-bond acceptors (Lipinski definition) is 7. The van der Waals surface area contributed by atoms with Crippen molar-refractivity contribution < 1.29 is 9.59 Å². The lowest BCUT2D eigenvalue weighted by Gasteiger charge is -2.43. The normalized spacial score (nSPS) is 17.5. The number of rotatable bonds is 7. The summed E-state index contributed by atoms with van der Waals surface area (Å²) in [6, 6.07) is 16.4. The smallest absolute Gasteiger partial charge is 0.270 e. The molecule has 2 aliphatic heterocycles. The highest BCUT2D eigenvalue weighted by Crippen LogP contribution is 2.36. The molecule has 0 unspecified atom stereocenters. The Kier molecular flexibility index (Phi) is 8.22. The molecule has 2 amide bonds. The number of nitrogens with zero attached hydrogens (tertiary/aromatic N) is 5. The maximum atomic E-state index is 13.3. The van der Waals surface area contributed by atoms with Crippen LogP contribution in [0, 0.1) is 18.3 Å². The second-order valence-electron chi connectivity index (χ2n) is 10.9. The van der Waals surface area contributed by atoms with E-state index in [1.165, 1.54) is 22.4 Å². The van der Waals surface area contributed by atoms with E-state index < -0.39 is 0 Å². The molecule has 2 aliphatic rings. The number of amides is 2. The lowest BCUT2D eigenvalue weighted by Crippen LogP contribution is -2.55. The van der Waals surface area contributed by atoms with Gasteiger partial charge in [0, 0.05) is 61.1 Å². The van der Waals surface area contributed by atoms with Crippen LogP contribution in [-0.2, 0) is 17.8 Å². The molecule has 3 heterocycles. The van der Waals surface area contributed by atoms with Crippen LogP contribution in [-0.4, -0.2) is 66.5 Å². The number of nitriles is 1. The Morgan fingerprint density at radius 3 is 2.71 bits per heavy atom. The van der Waals surface area contributed by atoms with E-state index in [4.69, 9.17) is 10.7 Å². The van der Waals surface area contributed by atoms with Crippen LogP contribution in [0.2, 0.25) is 0 Å². The highest BCUT2D eigenvalue weighted by molar-refractivity contribution is 5.97. The van der Waals surface area contributed by atoms with Crippen molar-refractivity contribution in [1.82, 2.24) is 15.2 Å². The molecule has 41 heavy (non-hydrogen) atoms. The number of benzene rings is 2. The van der Waals surface area contributed by atoms with Crippen molar-refractivity contribution in [2.75, 3.05) is 42.5 Å². The van der Waals surface area contributed by atoms with Gasteiger partial charge >= 0.3 is 0 Å². The molecule has 2 atom stereocenters. The molecule has 3 N–H and O–H groups in total. The Hall–Kier alpha value is -4.42. The number of hydrogen-bond donors (Lipinski definition) is 2. The Labute approximate surface area is 241 Å². The largest absolute Gasteiger partial charge is 0.367 e. The summed E-state index contributed by atoms with van der Waals surface area (Å²) in [6.07, 6.45) is 2.29. The van der Waals surface area contributed by atoms with Crippen LogP contribution in [0.25, 0.3) is 10.8 Å². The summed E-state index contributed by atoms with van der Waals surface area (Å²) in [4.78, 5) is 36.9. The maximum absolute atomic E-state index is 13.3. The fourth-order valence-corrected chi connectivity index (χ4v) is 6.01. The van der Waals surface area contributed by atoms with Crippen molar-refractivity contribution in [1.29, 1.82) is 5.26 Å². The maximum Gasteiger partial charge on any atom is 0.270 e. The second kappa shape index (κ2) is 12.0. The third-order valence-corrected chi connectivity index (χ3v) is 8.16. The Morgan fingerprint density at radius 2 is 1.98 bits per heavy atom. The molecule has 0 bridgehead atoms. The summed E-state index contributed by atoms with van der Waals surface area (Å²) in [5.41, 5.74) is 11.4. The molecule has 0 saturated carbocycles. The van der Waals surface area contributed by atoms with Gasteiger partial charge in [-0.2, -0.15) is 5.26 Å². The van der Waals surface area contributed by atoms with Crippen LogP contribution in [0.5, 0.6) is 0 Å². The van der Waals surface area contributed by atoms with Crippen molar-refractivity contribution in [3.05, 3.63) is 77.6 Å². The second-order valence-corrected chi connectivity index (χ2v) is 10.9. The predicted octanol–water partition coefficient (Wildman–Crippen LogP) is 3.30. The van der Waals surface area contributed by atoms with Gasteiger partial charge in [-0.3, -0.25) is 9.59 Å².